The van der Waals surface area contributed by atoms with Gasteiger partial charge in [0.15, 0.2) is 0 Å². The summed E-state index contributed by atoms with van der Waals surface area (Å²) in [4.78, 5) is 14.2. The van der Waals surface area contributed by atoms with Crippen LogP contribution in [0.2, 0.25) is 0 Å². The molecule has 0 saturated carbocycles. The number of amides is 1. The minimum absolute atomic E-state index is 0.0403. The highest BCUT2D eigenvalue weighted by Crippen LogP contribution is 2.20. The van der Waals surface area contributed by atoms with Crippen LogP contribution in [0.15, 0.2) is 30.3 Å². The van der Waals surface area contributed by atoms with Crippen LogP contribution >= 0.6 is 0 Å². The third kappa shape index (κ3) is 4.26. The lowest BCUT2D eigenvalue weighted by molar-refractivity contribution is -0.131. The van der Waals surface area contributed by atoms with E-state index in [0.717, 1.165) is 11.8 Å². The number of nitrogens with zero attached hydrogens (tertiary/aromatic N) is 1. The highest BCUT2D eigenvalue weighted by Gasteiger charge is 2.32. The third-order valence-corrected chi connectivity index (χ3v) is 4.38. The number of hydrogen-bond donors (Lipinski definition) is 2. The minimum Gasteiger partial charge on any atom is -0.340 e. The smallest absolute Gasteiger partial charge is 0.231 e. The molecule has 1 heterocycles. The van der Waals surface area contributed by atoms with Crippen molar-refractivity contribution in [3.63, 3.8) is 0 Å². The van der Waals surface area contributed by atoms with Crippen LogP contribution in [0.5, 0.6) is 0 Å². The molecule has 1 fully saturated rings. The van der Waals surface area contributed by atoms with Gasteiger partial charge in [0.2, 0.25) is 15.9 Å². The molecule has 1 aromatic rings. The van der Waals surface area contributed by atoms with Crippen LogP contribution in [0.1, 0.15) is 17.9 Å². The van der Waals surface area contributed by atoms with Gasteiger partial charge in [-0.1, -0.05) is 30.3 Å². The van der Waals surface area contributed by atoms with Crippen molar-refractivity contribution in [2.75, 3.05) is 25.9 Å². The molecule has 2 atom stereocenters. The van der Waals surface area contributed by atoms with Gasteiger partial charge in [0.1, 0.15) is 0 Å². The number of carbonyl (C=O) groups excluding carboxylic acids is 1. The number of carbonyl (C=O) groups is 1. The van der Waals surface area contributed by atoms with Gasteiger partial charge in [-0.15, -0.1) is 0 Å². The zero-order chi connectivity index (χ0) is 15.5. The maximum atomic E-state index is 12.6. The first-order valence-electron chi connectivity index (χ1n) is 6.92. The molecule has 3 N–H and O–H groups in total. The van der Waals surface area contributed by atoms with Gasteiger partial charge < -0.3 is 10.6 Å². The van der Waals surface area contributed by atoms with E-state index in [9.17, 15) is 13.2 Å². The second-order valence-electron chi connectivity index (χ2n) is 5.36. The van der Waals surface area contributed by atoms with Crippen molar-refractivity contribution in [3.05, 3.63) is 35.9 Å². The van der Waals surface area contributed by atoms with Crippen molar-refractivity contribution in [1.82, 2.24) is 9.62 Å². The van der Waals surface area contributed by atoms with Crippen LogP contribution in [0.25, 0.3) is 0 Å². The molecule has 21 heavy (non-hydrogen) atoms. The van der Waals surface area contributed by atoms with Gasteiger partial charge in [0.05, 0.1) is 12.2 Å². The Bertz CT molecular complexity index is 589. The lowest BCUT2D eigenvalue weighted by Crippen LogP contribution is -2.40. The van der Waals surface area contributed by atoms with E-state index < -0.39 is 10.0 Å². The Kier molecular flexibility index (Phi) is 4.97. The van der Waals surface area contributed by atoms with E-state index in [1.807, 2.05) is 30.3 Å². The minimum atomic E-state index is -3.25. The lowest BCUT2D eigenvalue weighted by Gasteiger charge is -2.23. The van der Waals surface area contributed by atoms with Crippen molar-refractivity contribution in [3.8, 4) is 0 Å². The van der Waals surface area contributed by atoms with Gasteiger partial charge in [-0.25, -0.2) is 13.1 Å². The number of nitrogens with two attached hydrogens (primary N) is 1. The number of rotatable bonds is 5. The van der Waals surface area contributed by atoms with Gasteiger partial charge in [-0.3, -0.25) is 4.79 Å². The van der Waals surface area contributed by atoms with E-state index >= 15 is 0 Å². The number of sulfonamides is 1. The average Bonchev–Trinajstić information content (AvgIpc) is 2.87. The van der Waals surface area contributed by atoms with Crippen LogP contribution in [-0.4, -0.2) is 51.2 Å². The second kappa shape index (κ2) is 6.55. The number of likely N-dealkylation sites (tertiary alicyclic amines) is 1. The molecule has 0 radical (unpaired) electrons. The Morgan fingerprint density at radius 3 is 2.67 bits per heavy atom. The quantitative estimate of drug-likeness (QED) is 0.793. The summed E-state index contributed by atoms with van der Waals surface area (Å²) in [5, 5.41) is 0. The summed E-state index contributed by atoms with van der Waals surface area (Å²) in [6.07, 6.45) is 1.76. The Hall–Kier alpha value is -1.44. The standard InChI is InChI=1S/C14H21N3O3S/c1-21(19,20)16-12-7-8-17(10-12)14(18)13(9-15)11-5-3-2-4-6-11/h2-6,12-13,16H,7-10,15H2,1H3/t12-,13+/m0/s1. The zero-order valence-electron chi connectivity index (χ0n) is 12.0. The molecule has 7 heteroatoms. The molecule has 1 saturated heterocycles. The van der Waals surface area contributed by atoms with Gasteiger partial charge >= 0.3 is 0 Å². The second-order valence-corrected chi connectivity index (χ2v) is 7.14. The van der Waals surface area contributed by atoms with Gasteiger partial charge in [0, 0.05) is 25.7 Å². The largest absolute Gasteiger partial charge is 0.340 e. The van der Waals surface area contributed by atoms with Gasteiger partial charge in [0.25, 0.3) is 0 Å². The van der Waals surface area contributed by atoms with Gasteiger partial charge in [-0.05, 0) is 12.0 Å². The van der Waals surface area contributed by atoms with Gasteiger partial charge in [-0.2, -0.15) is 0 Å². The summed E-state index contributed by atoms with van der Waals surface area (Å²) in [6, 6.07) is 9.21. The molecule has 116 valence electrons. The summed E-state index contributed by atoms with van der Waals surface area (Å²) in [7, 11) is -3.25. The molecule has 0 bridgehead atoms. The molecule has 1 aliphatic heterocycles. The first-order chi connectivity index (χ1) is 9.90. The molecule has 0 aliphatic carbocycles. The molecular weight excluding hydrogens is 290 g/mol. The van der Waals surface area contributed by atoms with E-state index in [1.54, 1.807) is 4.90 Å². The summed E-state index contributed by atoms with van der Waals surface area (Å²) in [5.74, 6) is -0.412. The first kappa shape index (κ1) is 15.9. The van der Waals surface area contributed by atoms with Crippen molar-refractivity contribution in [2.24, 2.45) is 5.73 Å². The Morgan fingerprint density at radius 1 is 1.43 bits per heavy atom. The van der Waals surface area contributed by atoms with Crippen LogP contribution in [-0.2, 0) is 14.8 Å². The molecule has 6 nitrogen and oxygen atoms in total. The molecule has 0 unspecified atom stereocenters. The fourth-order valence-corrected chi connectivity index (χ4v) is 3.44. The number of benzene rings is 1. The predicted molar refractivity (Wildman–Crippen MR) is 81.2 cm³/mol. The SMILES string of the molecule is CS(=O)(=O)N[C@H]1CCN(C(=O)[C@H](CN)c2ccccc2)C1. The van der Waals surface area contributed by atoms with E-state index in [-0.39, 0.29) is 24.4 Å². The average molecular weight is 311 g/mol. The third-order valence-electron chi connectivity index (χ3n) is 3.62. The first-order valence-corrected chi connectivity index (χ1v) is 8.81. The summed E-state index contributed by atoms with van der Waals surface area (Å²) in [5.41, 5.74) is 6.64. The highest BCUT2D eigenvalue weighted by molar-refractivity contribution is 7.88. The maximum Gasteiger partial charge on any atom is 0.231 e. The fourth-order valence-electron chi connectivity index (χ4n) is 2.64. The maximum absolute atomic E-state index is 12.6. The van der Waals surface area contributed by atoms with E-state index in [2.05, 4.69) is 4.72 Å². The van der Waals surface area contributed by atoms with E-state index in [0.29, 0.717) is 19.5 Å². The van der Waals surface area contributed by atoms with Crippen molar-refractivity contribution >= 4 is 15.9 Å². The lowest BCUT2D eigenvalue weighted by atomic mass is 9.98. The van der Waals surface area contributed by atoms with Crippen molar-refractivity contribution < 1.29 is 13.2 Å². The van der Waals surface area contributed by atoms with Crippen molar-refractivity contribution in [2.45, 2.75) is 18.4 Å². The molecule has 0 aromatic heterocycles. The van der Waals surface area contributed by atoms with Crippen molar-refractivity contribution in [1.29, 1.82) is 0 Å². The van der Waals surface area contributed by atoms with Crippen LogP contribution in [0, 0.1) is 0 Å². The Morgan fingerprint density at radius 2 is 2.10 bits per heavy atom. The Labute approximate surface area is 125 Å². The molecule has 1 amide bonds. The molecule has 2 rings (SSSR count). The molecule has 1 aliphatic rings. The number of hydrogen-bond acceptors (Lipinski definition) is 4. The summed E-state index contributed by atoms with van der Waals surface area (Å²) in [6.45, 7) is 1.19. The topological polar surface area (TPSA) is 92.5 Å². The summed E-state index contributed by atoms with van der Waals surface area (Å²) < 4.78 is 25.0. The summed E-state index contributed by atoms with van der Waals surface area (Å²) >= 11 is 0. The normalized spacial score (nSPS) is 20.5. The molecular formula is C14H21N3O3S. The van der Waals surface area contributed by atoms with Crippen LogP contribution < -0.4 is 10.5 Å². The van der Waals surface area contributed by atoms with Crippen LogP contribution in [0.4, 0.5) is 0 Å². The monoisotopic (exact) mass is 311 g/mol. The van der Waals surface area contributed by atoms with Crippen LogP contribution in [0.3, 0.4) is 0 Å². The highest BCUT2D eigenvalue weighted by atomic mass is 32.2. The molecule has 0 spiro atoms. The predicted octanol–water partition coefficient (Wildman–Crippen LogP) is -0.121. The number of nitrogens with one attached hydrogen (secondary N) is 1. The molecule has 1 aromatic carbocycles. The zero-order valence-corrected chi connectivity index (χ0v) is 12.8. The van der Waals surface area contributed by atoms with E-state index in [1.165, 1.54) is 0 Å². The Balaban J connectivity index is 2.03. The van der Waals surface area contributed by atoms with E-state index in [4.69, 9.17) is 5.73 Å². The fraction of sp³-hybridized carbons (Fsp3) is 0.500.